The number of nitrogens with two attached hydrogens (primary N) is 1. The number of likely N-dealkylation sites (tertiary alicyclic amines) is 1. The molecule has 102 valence electrons. The van der Waals surface area contributed by atoms with Crippen LogP contribution in [0.4, 0.5) is 0 Å². The first kappa shape index (κ1) is 14.0. The van der Waals surface area contributed by atoms with Crippen LogP contribution in [0.1, 0.15) is 56.3 Å². The van der Waals surface area contributed by atoms with Gasteiger partial charge >= 0.3 is 0 Å². The van der Waals surface area contributed by atoms with E-state index in [1.54, 1.807) is 0 Å². The van der Waals surface area contributed by atoms with Gasteiger partial charge in [0.1, 0.15) is 0 Å². The fourth-order valence-electron chi connectivity index (χ4n) is 2.73. The first-order valence-electron chi connectivity index (χ1n) is 7.03. The van der Waals surface area contributed by atoms with Crippen LogP contribution < -0.4 is 5.73 Å². The van der Waals surface area contributed by atoms with E-state index in [9.17, 15) is 0 Å². The molecule has 2 atom stereocenters. The zero-order valence-electron chi connectivity index (χ0n) is 12.1. The van der Waals surface area contributed by atoms with Crippen LogP contribution in [-0.2, 0) is 5.41 Å². The van der Waals surface area contributed by atoms with Crippen LogP contribution in [0.3, 0.4) is 0 Å². The Hall–Kier alpha value is -0.380. The Morgan fingerprint density at radius 3 is 2.67 bits per heavy atom. The van der Waals surface area contributed by atoms with Crippen molar-refractivity contribution in [3.63, 3.8) is 0 Å². The summed E-state index contributed by atoms with van der Waals surface area (Å²) >= 11 is 1.95. The van der Waals surface area contributed by atoms with Crippen molar-refractivity contribution in [3.8, 4) is 0 Å². The van der Waals surface area contributed by atoms with Gasteiger partial charge in [-0.3, -0.25) is 4.90 Å². The van der Waals surface area contributed by atoms with Gasteiger partial charge in [-0.15, -0.1) is 11.3 Å². The van der Waals surface area contributed by atoms with Crippen LogP contribution in [0, 0.1) is 0 Å². The van der Waals surface area contributed by atoms with Crippen LogP contribution >= 0.6 is 11.3 Å². The zero-order chi connectivity index (χ0) is 13.3. The molecule has 0 saturated carbocycles. The summed E-state index contributed by atoms with van der Waals surface area (Å²) in [6.07, 6.45) is 2.34. The van der Waals surface area contributed by atoms with E-state index in [1.807, 2.05) is 11.3 Å². The Kier molecular flexibility index (Phi) is 4.15. The summed E-state index contributed by atoms with van der Waals surface area (Å²) in [5.74, 6) is 0. The molecule has 2 heterocycles. The molecule has 2 nitrogen and oxygen atoms in total. The standard InChI is InChI=1S/C15H26N2S/c1-5-9-17-10-8-11(16)14(17)12-6-7-13(18-12)15(2,3)4/h6-7,11,14H,5,8-10,16H2,1-4H3. The van der Waals surface area contributed by atoms with Crippen LogP contribution in [0.2, 0.25) is 0 Å². The fourth-order valence-corrected chi connectivity index (χ4v) is 4.00. The van der Waals surface area contributed by atoms with Crippen molar-refractivity contribution < 1.29 is 0 Å². The Morgan fingerprint density at radius 1 is 1.39 bits per heavy atom. The SMILES string of the molecule is CCCN1CCC(N)C1c1ccc(C(C)(C)C)s1. The van der Waals surface area contributed by atoms with Gasteiger partial charge < -0.3 is 5.73 Å². The van der Waals surface area contributed by atoms with Gasteiger partial charge in [0, 0.05) is 22.3 Å². The van der Waals surface area contributed by atoms with Gasteiger partial charge in [0.2, 0.25) is 0 Å². The average Bonchev–Trinajstić information content (AvgIpc) is 2.85. The number of rotatable bonds is 3. The fraction of sp³-hybridized carbons (Fsp3) is 0.733. The molecular weight excluding hydrogens is 240 g/mol. The van der Waals surface area contributed by atoms with Crippen molar-refractivity contribution in [2.75, 3.05) is 13.1 Å². The molecule has 2 unspecified atom stereocenters. The summed E-state index contributed by atoms with van der Waals surface area (Å²) in [6.45, 7) is 11.4. The lowest BCUT2D eigenvalue weighted by Crippen LogP contribution is -2.31. The van der Waals surface area contributed by atoms with Gasteiger partial charge in [-0.1, -0.05) is 27.7 Å². The molecular formula is C15H26N2S. The molecule has 1 aliphatic rings. The summed E-state index contributed by atoms with van der Waals surface area (Å²) in [6, 6.07) is 5.34. The largest absolute Gasteiger partial charge is 0.326 e. The van der Waals surface area contributed by atoms with Crippen molar-refractivity contribution >= 4 is 11.3 Å². The number of hydrogen-bond acceptors (Lipinski definition) is 3. The maximum absolute atomic E-state index is 6.31. The topological polar surface area (TPSA) is 29.3 Å². The minimum absolute atomic E-state index is 0.251. The Bertz CT molecular complexity index is 389. The summed E-state index contributed by atoms with van der Waals surface area (Å²) in [7, 11) is 0. The molecule has 1 aliphatic heterocycles. The Balaban J connectivity index is 2.21. The van der Waals surface area contributed by atoms with Crippen molar-refractivity contribution in [1.82, 2.24) is 4.90 Å². The quantitative estimate of drug-likeness (QED) is 0.907. The second-order valence-electron chi connectivity index (χ2n) is 6.39. The monoisotopic (exact) mass is 266 g/mol. The lowest BCUT2D eigenvalue weighted by Gasteiger charge is -2.25. The Morgan fingerprint density at radius 2 is 2.11 bits per heavy atom. The van der Waals surface area contributed by atoms with E-state index in [-0.39, 0.29) is 5.41 Å². The summed E-state index contributed by atoms with van der Waals surface area (Å²) in [4.78, 5) is 5.48. The molecule has 0 spiro atoms. The smallest absolute Gasteiger partial charge is 0.0594 e. The summed E-state index contributed by atoms with van der Waals surface area (Å²) in [5, 5.41) is 0. The minimum Gasteiger partial charge on any atom is -0.326 e. The van der Waals surface area contributed by atoms with E-state index in [0.29, 0.717) is 12.1 Å². The third-order valence-corrected chi connectivity index (χ3v) is 5.30. The van der Waals surface area contributed by atoms with Crippen molar-refractivity contribution in [2.24, 2.45) is 5.73 Å². The van der Waals surface area contributed by atoms with E-state index in [1.165, 1.54) is 22.7 Å². The van der Waals surface area contributed by atoms with Gasteiger partial charge in [-0.25, -0.2) is 0 Å². The predicted octanol–water partition coefficient (Wildman–Crippen LogP) is 3.53. The van der Waals surface area contributed by atoms with Gasteiger partial charge in [-0.05, 0) is 36.9 Å². The molecule has 1 aromatic heterocycles. The second kappa shape index (κ2) is 5.32. The number of hydrogen-bond donors (Lipinski definition) is 1. The van der Waals surface area contributed by atoms with E-state index in [0.717, 1.165) is 13.0 Å². The van der Waals surface area contributed by atoms with Gasteiger partial charge in [0.05, 0.1) is 6.04 Å². The van der Waals surface area contributed by atoms with Crippen molar-refractivity contribution in [3.05, 3.63) is 21.9 Å². The third kappa shape index (κ3) is 2.79. The van der Waals surface area contributed by atoms with Crippen LogP contribution in [0.15, 0.2) is 12.1 Å². The second-order valence-corrected chi connectivity index (χ2v) is 7.50. The number of thiophene rings is 1. The zero-order valence-corrected chi connectivity index (χ0v) is 12.9. The summed E-state index contributed by atoms with van der Waals surface area (Å²) < 4.78 is 0. The maximum atomic E-state index is 6.31. The highest BCUT2D eigenvalue weighted by Gasteiger charge is 2.33. The molecule has 0 amide bonds. The Labute approximate surface area is 115 Å². The molecule has 3 heteroatoms. The molecule has 0 aromatic carbocycles. The van der Waals surface area contributed by atoms with Gasteiger partial charge in [0.15, 0.2) is 0 Å². The van der Waals surface area contributed by atoms with E-state index < -0.39 is 0 Å². The molecule has 0 radical (unpaired) electrons. The van der Waals surface area contributed by atoms with Crippen LogP contribution in [0.5, 0.6) is 0 Å². The maximum Gasteiger partial charge on any atom is 0.0594 e. The van der Waals surface area contributed by atoms with Crippen molar-refractivity contribution in [1.29, 1.82) is 0 Å². The molecule has 18 heavy (non-hydrogen) atoms. The number of nitrogens with zero attached hydrogens (tertiary/aromatic N) is 1. The minimum atomic E-state index is 0.251. The molecule has 2 rings (SSSR count). The van der Waals surface area contributed by atoms with Crippen LogP contribution in [0.25, 0.3) is 0 Å². The first-order valence-corrected chi connectivity index (χ1v) is 7.85. The molecule has 0 aliphatic carbocycles. The molecule has 2 N–H and O–H groups in total. The first-order chi connectivity index (χ1) is 8.43. The van der Waals surface area contributed by atoms with E-state index >= 15 is 0 Å². The highest BCUT2D eigenvalue weighted by atomic mass is 32.1. The highest BCUT2D eigenvalue weighted by Crippen LogP contribution is 2.38. The lowest BCUT2D eigenvalue weighted by molar-refractivity contribution is 0.251. The molecule has 1 fully saturated rings. The summed E-state index contributed by atoms with van der Waals surface area (Å²) in [5.41, 5.74) is 6.57. The van der Waals surface area contributed by atoms with Gasteiger partial charge in [0.25, 0.3) is 0 Å². The lowest BCUT2D eigenvalue weighted by atomic mass is 9.95. The third-order valence-electron chi connectivity index (χ3n) is 3.72. The van der Waals surface area contributed by atoms with E-state index in [4.69, 9.17) is 5.73 Å². The van der Waals surface area contributed by atoms with Crippen LogP contribution in [-0.4, -0.2) is 24.0 Å². The highest BCUT2D eigenvalue weighted by molar-refractivity contribution is 7.12. The van der Waals surface area contributed by atoms with E-state index in [2.05, 4.69) is 44.7 Å². The van der Waals surface area contributed by atoms with Gasteiger partial charge in [-0.2, -0.15) is 0 Å². The normalized spacial score (nSPS) is 25.8. The molecule has 1 aromatic rings. The average molecular weight is 266 g/mol. The van der Waals surface area contributed by atoms with Crippen molar-refractivity contribution in [2.45, 2.75) is 58.0 Å². The molecule has 0 bridgehead atoms. The molecule has 1 saturated heterocycles. The predicted molar refractivity (Wildman–Crippen MR) is 80.2 cm³/mol.